The predicted octanol–water partition coefficient (Wildman–Crippen LogP) is 6.36. The number of methoxy groups -OCH3 is 2. The van der Waals surface area contributed by atoms with Gasteiger partial charge in [0.15, 0.2) is 0 Å². The summed E-state index contributed by atoms with van der Waals surface area (Å²) >= 11 is 0. The average Bonchev–Trinajstić information content (AvgIpc) is 3.41. The van der Waals surface area contributed by atoms with E-state index in [1.807, 2.05) is 10.6 Å². The third kappa shape index (κ3) is 7.44. The lowest BCUT2D eigenvalue weighted by molar-refractivity contribution is 0.0600. The highest BCUT2D eigenvalue weighted by Crippen LogP contribution is 2.27. The van der Waals surface area contributed by atoms with Crippen molar-refractivity contribution in [3.63, 3.8) is 0 Å². The Kier molecular flexibility index (Phi) is 10.1. The highest BCUT2D eigenvalue weighted by atomic mass is 19.3. The van der Waals surface area contributed by atoms with E-state index < -0.39 is 24.8 Å². The Labute approximate surface area is 262 Å². The first-order valence-corrected chi connectivity index (χ1v) is 14.2. The zero-order chi connectivity index (χ0) is 32.6. The second kappa shape index (κ2) is 14.6. The molecule has 0 aliphatic rings. The van der Waals surface area contributed by atoms with Crippen LogP contribution < -0.4 is 9.47 Å². The van der Waals surface area contributed by atoms with Gasteiger partial charge in [0.05, 0.1) is 47.6 Å². The number of benzene rings is 3. The van der Waals surface area contributed by atoms with Crippen molar-refractivity contribution >= 4 is 17.0 Å². The monoisotopic (exact) mass is 630 g/mol. The molecular weight excluding hydrogens is 601 g/mol. The molecule has 0 radical (unpaired) electrons. The molecule has 0 aliphatic carbocycles. The van der Waals surface area contributed by atoms with Crippen molar-refractivity contribution in [2.75, 3.05) is 27.4 Å². The number of pyridine rings is 1. The number of hydrogen-bond acceptors (Lipinski definition) is 8. The number of esters is 1. The number of ether oxygens (including phenoxy) is 4. The lowest BCUT2D eigenvalue weighted by Gasteiger charge is -2.13. The van der Waals surface area contributed by atoms with Crippen LogP contribution in [0.1, 0.15) is 32.9 Å². The fourth-order valence-electron chi connectivity index (χ4n) is 4.84. The summed E-state index contributed by atoms with van der Waals surface area (Å²) in [4.78, 5) is 21.3. The first-order chi connectivity index (χ1) is 22.3. The Hall–Kier alpha value is -5.41. The summed E-state index contributed by atoms with van der Waals surface area (Å²) in [5.41, 5.74) is 3.86. The number of fused-ring (bicyclic) bond motifs is 1. The Balaban J connectivity index is 1.35. The standard InChI is InChI=1S/C34H29F3N4O5/c1-43-13-12-41-29-16-24(34(42)44-2)10-11-28(29)39-32(41)17-22-8-9-23(15-26(22)35)27-4-3-5-33(40-27)46-19-25-7-6-21(18-38)14-30(25)45-20-31(36)37/h3-11,14-16,31H,12-13,17,19-20H2,1-2H3. The Morgan fingerprint density at radius 3 is 2.54 bits per heavy atom. The molecule has 3 aromatic carbocycles. The maximum Gasteiger partial charge on any atom is 0.337 e. The molecule has 0 aliphatic heterocycles. The molecule has 0 saturated heterocycles. The maximum atomic E-state index is 15.5. The predicted molar refractivity (Wildman–Crippen MR) is 162 cm³/mol. The van der Waals surface area contributed by atoms with Gasteiger partial charge in [-0.05, 0) is 48.0 Å². The van der Waals surface area contributed by atoms with Gasteiger partial charge in [-0.2, -0.15) is 5.26 Å². The number of nitrogens with zero attached hydrogens (tertiary/aromatic N) is 4. The second-order valence-electron chi connectivity index (χ2n) is 10.1. The number of nitriles is 1. The summed E-state index contributed by atoms with van der Waals surface area (Å²) in [6.45, 7) is -0.0362. The summed E-state index contributed by atoms with van der Waals surface area (Å²) in [7, 11) is 2.90. The van der Waals surface area contributed by atoms with Crippen molar-refractivity contribution in [3.8, 4) is 29.0 Å². The van der Waals surface area contributed by atoms with Crippen molar-refractivity contribution in [1.29, 1.82) is 5.26 Å². The lowest BCUT2D eigenvalue weighted by atomic mass is 10.1. The first-order valence-electron chi connectivity index (χ1n) is 14.2. The highest BCUT2D eigenvalue weighted by Gasteiger charge is 2.17. The van der Waals surface area contributed by atoms with Gasteiger partial charge in [-0.25, -0.2) is 27.9 Å². The minimum absolute atomic E-state index is 0.0563. The van der Waals surface area contributed by atoms with Crippen LogP contribution in [0.3, 0.4) is 0 Å². The van der Waals surface area contributed by atoms with E-state index in [4.69, 9.17) is 29.2 Å². The van der Waals surface area contributed by atoms with E-state index in [0.29, 0.717) is 58.0 Å². The van der Waals surface area contributed by atoms with Crippen LogP contribution in [0.5, 0.6) is 11.6 Å². The van der Waals surface area contributed by atoms with Crippen LogP contribution in [0.4, 0.5) is 13.2 Å². The zero-order valence-corrected chi connectivity index (χ0v) is 25.0. The van der Waals surface area contributed by atoms with E-state index in [2.05, 4.69) is 4.98 Å². The van der Waals surface area contributed by atoms with Crippen LogP contribution in [0.2, 0.25) is 0 Å². The number of carbonyl (C=O) groups is 1. The summed E-state index contributed by atoms with van der Waals surface area (Å²) < 4.78 is 64.0. The highest BCUT2D eigenvalue weighted by molar-refractivity contribution is 5.93. The minimum atomic E-state index is -2.68. The summed E-state index contributed by atoms with van der Waals surface area (Å²) in [5.74, 6) is 0.0289. The molecule has 0 atom stereocenters. The Morgan fingerprint density at radius 1 is 0.978 bits per heavy atom. The SMILES string of the molecule is COCCn1c(Cc2ccc(-c3cccc(OCc4ccc(C#N)cc4OCC(F)F)n3)cc2F)nc2ccc(C(=O)OC)cc21. The number of rotatable bonds is 13. The quantitative estimate of drug-likeness (QED) is 0.138. The third-order valence-electron chi connectivity index (χ3n) is 7.12. The topological polar surface area (TPSA) is 108 Å². The molecular formula is C34H29F3N4O5. The van der Waals surface area contributed by atoms with E-state index in [1.54, 1.807) is 61.7 Å². The van der Waals surface area contributed by atoms with Gasteiger partial charge in [0.2, 0.25) is 5.88 Å². The van der Waals surface area contributed by atoms with Crippen LogP contribution >= 0.6 is 0 Å². The molecule has 46 heavy (non-hydrogen) atoms. The van der Waals surface area contributed by atoms with Crippen molar-refractivity contribution in [3.05, 3.63) is 107 Å². The lowest BCUT2D eigenvalue weighted by Crippen LogP contribution is -2.10. The van der Waals surface area contributed by atoms with E-state index in [0.717, 1.165) is 0 Å². The minimum Gasteiger partial charge on any atom is -0.487 e. The van der Waals surface area contributed by atoms with Gasteiger partial charge in [0.1, 0.15) is 30.6 Å². The van der Waals surface area contributed by atoms with Crippen LogP contribution in [-0.4, -0.2) is 54.4 Å². The van der Waals surface area contributed by atoms with Crippen LogP contribution in [-0.2, 0) is 29.0 Å². The molecule has 5 rings (SSSR count). The van der Waals surface area contributed by atoms with Crippen LogP contribution in [0.15, 0.2) is 72.8 Å². The van der Waals surface area contributed by atoms with Gasteiger partial charge in [0, 0.05) is 37.3 Å². The molecule has 236 valence electrons. The van der Waals surface area contributed by atoms with Gasteiger partial charge < -0.3 is 23.5 Å². The second-order valence-corrected chi connectivity index (χ2v) is 10.1. The van der Waals surface area contributed by atoms with Gasteiger partial charge in [-0.1, -0.05) is 24.3 Å². The number of imidazole rings is 1. The molecule has 0 spiro atoms. The number of aromatic nitrogens is 3. The van der Waals surface area contributed by atoms with Crippen molar-refractivity contribution in [2.24, 2.45) is 0 Å². The zero-order valence-electron chi connectivity index (χ0n) is 25.0. The molecule has 2 heterocycles. The Bertz CT molecular complexity index is 1900. The third-order valence-corrected chi connectivity index (χ3v) is 7.12. The Morgan fingerprint density at radius 2 is 1.80 bits per heavy atom. The molecule has 0 amide bonds. The number of halogens is 3. The van der Waals surface area contributed by atoms with Gasteiger partial charge >= 0.3 is 5.97 Å². The largest absolute Gasteiger partial charge is 0.487 e. The van der Waals surface area contributed by atoms with Crippen molar-refractivity contribution in [2.45, 2.75) is 26.0 Å². The normalized spacial score (nSPS) is 11.1. The fourth-order valence-corrected chi connectivity index (χ4v) is 4.84. The van der Waals surface area contributed by atoms with E-state index in [-0.39, 0.29) is 30.2 Å². The molecule has 0 unspecified atom stereocenters. The molecule has 0 N–H and O–H groups in total. The van der Waals surface area contributed by atoms with E-state index in [1.165, 1.54) is 25.3 Å². The molecule has 12 heteroatoms. The maximum absolute atomic E-state index is 15.5. The molecule has 9 nitrogen and oxygen atoms in total. The molecule has 0 bridgehead atoms. The van der Waals surface area contributed by atoms with Gasteiger partial charge in [-0.15, -0.1) is 0 Å². The van der Waals surface area contributed by atoms with Crippen molar-refractivity contribution < 1.29 is 36.9 Å². The van der Waals surface area contributed by atoms with Crippen LogP contribution in [0.25, 0.3) is 22.3 Å². The first kappa shape index (κ1) is 32.0. The molecule has 0 fully saturated rings. The summed E-state index contributed by atoms with van der Waals surface area (Å²) in [5, 5.41) is 9.15. The molecule has 5 aromatic rings. The van der Waals surface area contributed by atoms with Gasteiger partial charge in [-0.3, -0.25) is 0 Å². The number of carbonyl (C=O) groups excluding carboxylic acids is 1. The molecule has 0 saturated carbocycles. The number of alkyl halides is 2. The van der Waals surface area contributed by atoms with E-state index in [9.17, 15) is 13.6 Å². The average molecular weight is 631 g/mol. The fraction of sp³-hybridized carbons (Fsp3) is 0.235. The van der Waals surface area contributed by atoms with Crippen molar-refractivity contribution in [1.82, 2.24) is 14.5 Å². The molecule has 2 aromatic heterocycles. The van der Waals surface area contributed by atoms with Gasteiger partial charge in [0.25, 0.3) is 6.43 Å². The summed E-state index contributed by atoms with van der Waals surface area (Å²) in [6.07, 6.45) is -2.49. The number of hydrogen-bond donors (Lipinski definition) is 0. The summed E-state index contributed by atoms with van der Waals surface area (Å²) in [6, 6.07) is 21.3. The van der Waals surface area contributed by atoms with E-state index >= 15 is 4.39 Å². The van der Waals surface area contributed by atoms with Crippen LogP contribution in [0, 0.1) is 17.1 Å². The smallest absolute Gasteiger partial charge is 0.337 e.